The van der Waals surface area contributed by atoms with Gasteiger partial charge in [0.15, 0.2) is 5.82 Å². The van der Waals surface area contributed by atoms with Crippen molar-refractivity contribution in [2.75, 3.05) is 5.32 Å². The Labute approximate surface area is 106 Å². The summed E-state index contributed by atoms with van der Waals surface area (Å²) < 4.78 is 5.92. The van der Waals surface area contributed by atoms with Gasteiger partial charge in [0.1, 0.15) is 0 Å². The number of nitrogens with one attached hydrogen (secondary N) is 1. The number of hydrogen-bond acceptors (Lipinski definition) is 4. The largest absolute Gasteiger partial charge is 0.334 e. The number of anilines is 1. The zero-order valence-electron chi connectivity index (χ0n) is 8.50. The smallest absolute Gasteiger partial charge is 0.321 e. The standard InChI is InChI=1S/C10H9BrClN3O/c1-6-14-10(16-15-6)13-5-7-4-8(12)2-3-9(7)11/h2-4H,5H2,1H3,(H,13,14,15). The molecule has 0 aliphatic carbocycles. The summed E-state index contributed by atoms with van der Waals surface area (Å²) in [5.74, 6) is 0.604. The van der Waals surface area contributed by atoms with Crippen LogP contribution in [0.2, 0.25) is 5.02 Å². The first-order valence-corrected chi connectivity index (χ1v) is 5.80. The second-order valence-corrected chi connectivity index (χ2v) is 4.53. The van der Waals surface area contributed by atoms with Gasteiger partial charge in [0.05, 0.1) is 0 Å². The summed E-state index contributed by atoms with van der Waals surface area (Å²) in [5.41, 5.74) is 1.03. The molecular weight excluding hydrogens is 293 g/mol. The van der Waals surface area contributed by atoms with E-state index < -0.39 is 0 Å². The summed E-state index contributed by atoms with van der Waals surface area (Å²) in [6.07, 6.45) is 0. The van der Waals surface area contributed by atoms with Crippen molar-refractivity contribution in [2.24, 2.45) is 0 Å². The fourth-order valence-electron chi connectivity index (χ4n) is 1.22. The molecule has 0 aliphatic rings. The molecule has 0 aliphatic heterocycles. The molecule has 0 radical (unpaired) electrons. The molecule has 1 aromatic heterocycles. The molecule has 1 N–H and O–H groups in total. The molecule has 0 unspecified atom stereocenters. The number of benzene rings is 1. The predicted molar refractivity (Wildman–Crippen MR) is 65.5 cm³/mol. The molecular formula is C10H9BrClN3O. The first-order valence-electron chi connectivity index (χ1n) is 4.63. The van der Waals surface area contributed by atoms with Gasteiger partial charge in [0, 0.05) is 16.0 Å². The molecule has 0 bridgehead atoms. The molecule has 1 aromatic carbocycles. The lowest BCUT2D eigenvalue weighted by atomic mass is 10.2. The average molecular weight is 303 g/mol. The molecule has 6 heteroatoms. The normalized spacial score (nSPS) is 10.4. The van der Waals surface area contributed by atoms with Gasteiger partial charge in [0.25, 0.3) is 0 Å². The van der Waals surface area contributed by atoms with E-state index in [1.807, 2.05) is 18.2 Å². The molecule has 84 valence electrons. The van der Waals surface area contributed by atoms with E-state index in [1.54, 1.807) is 6.92 Å². The van der Waals surface area contributed by atoms with Crippen molar-refractivity contribution >= 4 is 33.5 Å². The van der Waals surface area contributed by atoms with E-state index in [0.717, 1.165) is 10.0 Å². The third-order valence-corrected chi connectivity index (χ3v) is 2.97. The molecule has 2 aromatic rings. The van der Waals surface area contributed by atoms with Gasteiger partial charge < -0.3 is 9.84 Å². The Balaban J connectivity index is 2.07. The van der Waals surface area contributed by atoms with Crippen LogP contribution in [0.4, 0.5) is 6.01 Å². The highest BCUT2D eigenvalue weighted by atomic mass is 79.9. The second-order valence-electron chi connectivity index (χ2n) is 3.24. The SMILES string of the molecule is Cc1noc(NCc2cc(Cl)ccc2Br)n1. The van der Waals surface area contributed by atoms with Crippen molar-refractivity contribution in [3.8, 4) is 0 Å². The van der Waals surface area contributed by atoms with Crippen LogP contribution >= 0.6 is 27.5 Å². The van der Waals surface area contributed by atoms with Crippen LogP contribution in [0.1, 0.15) is 11.4 Å². The number of nitrogens with zero attached hydrogens (tertiary/aromatic N) is 2. The first-order chi connectivity index (χ1) is 7.65. The number of halogens is 2. The van der Waals surface area contributed by atoms with Gasteiger partial charge in [-0.25, -0.2) is 0 Å². The lowest BCUT2D eigenvalue weighted by Crippen LogP contribution is -2.00. The van der Waals surface area contributed by atoms with Crippen molar-refractivity contribution in [3.05, 3.63) is 39.1 Å². The molecule has 16 heavy (non-hydrogen) atoms. The van der Waals surface area contributed by atoms with Crippen molar-refractivity contribution in [3.63, 3.8) is 0 Å². The lowest BCUT2D eigenvalue weighted by Gasteiger charge is -2.04. The molecule has 4 nitrogen and oxygen atoms in total. The second kappa shape index (κ2) is 4.84. The minimum Gasteiger partial charge on any atom is -0.334 e. The fourth-order valence-corrected chi connectivity index (χ4v) is 1.80. The Kier molecular flexibility index (Phi) is 3.46. The van der Waals surface area contributed by atoms with Gasteiger partial charge in [0.2, 0.25) is 0 Å². The van der Waals surface area contributed by atoms with Crippen LogP contribution < -0.4 is 5.32 Å². The van der Waals surface area contributed by atoms with Crippen LogP contribution in [0, 0.1) is 6.92 Å². The van der Waals surface area contributed by atoms with Gasteiger partial charge in [-0.05, 0) is 30.7 Å². The zero-order valence-corrected chi connectivity index (χ0v) is 10.8. The zero-order chi connectivity index (χ0) is 11.5. The summed E-state index contributed by atoms with van der Waals surface area (Å²) in [5, 5.41) is 7.40. The molecule has 0 saturated carbocycles. The number of hydrogen-bond donors (Lipinski definition) is 1. The van der Waals surface area contributed by atoms with E-state index in [4.69, 9.17) is 16.1 Å². The van der Waals surface area contributed by atoms with Gasteiger partial charge in [-0.3, -0.25) is 0 Å². The summed E-state index contributed by atoms with van der Waals surface area (Å²) in [4.78, 5) is 4.04. The van der Waals surface area contributed by atoms with E-state index >= 15 is 0 Å². The predicted octanol–water partition coefficient (Wildman–Crippen LogP) is 3.41. The van der Waals surface area contributed by atoms with Gasteiger partial charge in [-0.15, -0.1) is 0 Å². The number of aromatic nitrogens is 2. The number of rotatable bonds is 3. The molecule has 0 saturated heterocycles. The molecule has 0 fully saturated rings. The van der Waals surface area contributed by atoms with E-state index in [-0.39, 0.29) is 0 Å². The maximum Gasteiger partial charge on any atom is 0.321 e. The summed E-state index contributed by atoms with van der Waals surface area (Å²) >= 11 is 9.35. The van der Waals surface area contributed by atoms with E-state index in [1.165, 1.54) is 0 Å². The van der Waals surface area contributed by atoms with Crippen LogP contribution in [0.25, 0.3) is 0 Å². The lowest BCUT2D eigenvalue weighted by molar-refractivity contribution is 0.425. The van der Waals surface area contributed by atoms with E-state index in [2.05, 4.69) is 31.4 Å². The van der Waals surface area contributed by atoms with E-state index in [0.29, 0.717) is 23.4 Å². The van der Waals surface area contributed by atoms with Crippen LogP contribution in [-0.2, 0) is 6.54 Å². The van der Waals surface area contributed by atoms with Crippen molar-refractivity contribution in [2.45, 2.75) is 13.5 Å². The summed E-state index contributed by atoms with van der Waals surface area (Å²) in [6, 6.07) is 6.01. The van der Waals surface area contributed by atoms with Crippen molar-refractivity contribution < 1.29 is 4.52 Å². The van der Waals surface area contributed by atoms with Gasteiger partial charge in [-0.1, -0.05) is 32.7 Å². The Morgan fingerprint density at radius 1 is 1.50 bits per heavy atom. The topological polar surface area (TPSA) is 51.0 Å². The first kappa shape index (κ1) is 11.4. The van der Waals surface area contributed by atoms with Crippen LogP contribution in [-0.4, -0.2) is 10.1 Å². The van der Waals surface area contributed by atoms with Crippen molar-refractivity contribution in [1.82, 2.24) is 10.1 Å². The third-order valence-electron chi connectivity index (χ3n) is 1.97. The minimum absolute atomic E-state index is 0.407. The third kappa shape index (κ3) is 2.74. The van der Waals surface area contributed by atoms with Crippen molar-refractivity contribution in [1.29, 1.82) is 0 Å². The maximum absolute atomic E-state index is 5.90. The average Bonchev–Trinajstić information content (AvgIpc) is 2.66. The number of aryl methyl sites for hydroxylation is 1. The quantitative estimate of drug-likeness (QED) is 0.944. The Morgan fingerprint density at radius 3 is 3.00 bits per heavy atom. The Bertz CT molecular complexity index is 501. The Hall–Kier alpha value is -1.07. The minimum atomic E-state index is 0.407. The van der Waals surface area contributed by atoms with Crippen LogP contribution in [0.5, 0.6) is 0 Å². The van der Waals surface area contributed by atoms with Gasteiger partial charge in [-0.2, -0.15) is 4.98 Å². The molecule has 0 spiro atoms. The fraction of sp³-hybridized carbons (Fsp3) is 0.200. The Morgan fingerprint density at radius 2 is 2.31 bits per heavy atom. The summed E-state index contributed by atoms with van der Waals surface area (Å²) in [7, 11) is 0. The highest BCUT2D eigenvalue weighted by Gasteiger charge is 2.04. The highest BCUT2D eigenvalue weighted by Crippen LogP contribution is 2.21. The maximum atomic E-state index is 5.90. The van der Waals surface area contributed by atoms with Crippen LogP contribution in [0.3, 0.4) is 0 Å². The van der Waals surface area contributed by atoms with Gasteiger partial charge >= 0.3 is 6.01 Å². The summed E-state index contributed by atoms with van der Waals surface area (Å²) in [6.45, 7) is 2.34. The molecule has 0 amide bonds. The van der Waals surface area contributed by atoms with E-state index in [9.17, 15) is 0 Å². The highest BCUT2D eigenvalue weighted by molar-refractivity contribution is 9.10. The molecule has 0 atom stereocenters. The monoisotopic (exact) mass is 301 g/mol. The molecule has 2 rings (SSSR count). The van der Waals surface area contributed by atoms with Crippen LogP contribution in [0.15, 0.2) is 27.2 Å². The molecule has 1 heterocycles.